The first-order chi connectivity index (χ1) is 11.9. The normalized spacial score (nSPS) is 12.9. The topological polar surface area (TPSA) is 90.1 Å². The molecule has 0 saturated heterocycles. The lowest BCUT2D eigenvalue weighted by molar-refractivity contribution is 0.601. The summed E-state index contributed by atoms with van der Waals surface area (Å²) in [5.41, 5.74) is 7.12. The number of rotatable bonds is 5. The highest BCUT2D eigenvalue weighted by atomic mass is 32.2. The molecule has 1 unspecified atom stereocenters. The van der Waals surface area contributed by atoms with Crippen LogP contribution in [0, 0.1) is 0 Å². The van der Waals surface area contributed by atoms with Gasteiger partial charge in [-0.3, -0.25) is 0 Å². The van der Waals surface area contributed by atoms with E-state index in [4.69, 9.17) is 5.73 Å². The third kappa shape index (κ3) is 4.04. The number of thiazole rings is 1. The minimum absolute atomic E-state index is 0.140. The van der Waals surface area contributed by atoms with Gasteiger partial charge in [0.1, 0.15) is 9.22 Å². The van der Waals surface area contributed by atoms with Gasteiger partial charge in [0.05, 0.1) is 21.9 Å². The maximum atomic E-state index is 12.9. The highest BCUT2D eigenvalue weighted by Gasteiger charge is 2.17. The molecule has 1 atom stereocenters. The van der Waals surface area contributed by atoms with Crippen molar-refractivity contribution < 1.29 is 12.6 Å². The summed E-state index contributed by atoms with van der Waals surface area (Å²) in [7, 11) is -4.96. The summed E-state index contributed by atoms with van der Waals surface area (Å²) in [5.74, 6) is 0. The van der Waals surface area contributed by atoms with Crippen molar-refractivity contribution in [1.29, 1.82) is 0 Å². The maximum Gasteiger partial charge on any atom is 0.175 e. The fourth-order valence-electron chi connectivity index (χ4n) is 2.28. The zero-order valence-corrected chi connectivity index (χ0v) is 15.8. The summed E-state index contributed by atoms with van der Waals surface area (Å²) < 4.78 is 37.5. The van der Waals surface area contributed by atoms with Gasteiger partial charge in [-0.15, -0.1) is 11.3 Å². The zero-order chi connectivity index (χ0) is 18.0. The fourth-order valence-corrected chi connectivity index (χ4v) is 5.29. The van der Waals surface area contributed by atoms with E-state index in [9.17, 15) is 12.6 Å². The maximum absolute atomic E-state index is 12.9. The number of nitrogens with zero attached hydrogens (tertiary/aromatic N) is 1. The lowest BCUT2D eigenvalue weighted by Crippen LogP contribution is -2.00. The van der Waals surface area contributed by atoms with E-state index in [2.05, 4.69) is 4.98 Å². The molecule has 0 fully saturated rings. The highest BCUT2D eigenvalue weighted by molar-refractivity contribution is 7.91. The molecule has 0 aliphatic carbocycles. The van der Waals surface area contributed by atoms with Crippen molar-refractivity contribution in [2.45, 2.75) is 20.5 Å². The summed E-state index contributed by atoms with van der Waals surface area (Å²) in [6, 6.07) is 14.2. The Morgan fingerprint density at radius 3 is 2.44 bits per heavy atom. The van der Waals surface area contributed by atoms with E-state index < -0.39 is 20.6 Å². The Kier molecular flexibility index (Phi) is 5.14. The molecular weight excluding hydrogens is 376 g/mol. The number of hydrogen-bond acceptors (Lipinski definition) is 6. The lowest BCUT2D eigenvalue weighted by Gasteiger charge is -2.08. The Labute approximate surface area is 152 Å². The van der Waals surface area contributed by atoms with E-state index in [-0.39, 0.29) is 11.4 Å². The molecule has 0 aliphatic heterocycles. The SMILES string of the molecule is CS(=O)(=O)c1cc(-c2ccccc2)cc(S(=O)c2cnc(CN)s2)c1. The lowest BCUT2D eigenvalue weighted by atomic mass is 10.1. The molecule has 0 radical (unpaired) electrons. The van der Waals surface area contributed by atoms with Gasteiger partial charge in [0.2, 0.25) is 0 Å². The van der Waals surface area contributed by atoms with Crippen LogP contribution in [0.3, 0.4) is 0 Å². The minimum Gasteiger partial charge on any atom is -0.325 e. The Bertz CT molecular complexity index is 1030. The van der Waals surface area contributed by atoms with Gasteiger partial charge < -0.3 is 5.73 Å². The molecule has 3 aromatic rings. The van der Waals surface area contributed by atoms with Gasteiger partial charge in [0, 0.05) is 17.7 Å². The van der Waals surface area contributed by atoms with Crippen molar-refractivity contribution in [3.8, 4) is 11.1 Å². The van der Waals surface area contributed by atoms with E-state index in [0.717, 1.165) is 11.8 Å². The van der Waals surface area contributed by atoms with Crippen molar-refractivity contribution in [2.24, 2.45) is 5.73 Å². The second-order valence-electron chi connectivity index (χ2n) is 5.38. The predicted octanol–water partition coefficient (Wildman–Crippen LogP) is 2.84. The van der Waals surface area contributed by atoms with Crippen molar-refractivity contribution >= 4 is 32.0 Å². The largest absolute Gasteiger partial charge is 0.325 e. The van der Waals surface area contributed by atoms with Crippen LogP contribution in [-0.4, -0.2) is 23.9 Å². The van der Waals surface area contributed by atoms with E-state index in [1.807, 2.05) is 30.3 Å². The second-order valence-corrected chi connectivity index (χ2v) is 10.2. The van der Waals surface area contributed by atoms with Gasteiger partial charge in [-0.1, -0.05) is 30.3 Å². The molecule has 1 heterocycles. The van der Waals surface area contributed by atoms with Crippen LogP contribution in [0.4, 0.5) is 0 Å². The summed E-state index contributed by atoms with van der Waals surface area (Å²) in [6.45, 7) is 0.278. The molecule has 130 valence electrons. The number of sulfone groups is 1. The van der Waals surface area contributed by atoms with Crippen LogP contribution in [-0.2, 0) is 27.2 Å². The molecule has 5 nitrogen and oxygen atoms in total. The summed E-state index contributed by atoms with van der Waals surface area (Å²) >= 11 is 1.27. The van der Waals surface area contributed by atoms with Crippen LogP contribution in [0.5, 0.6) is 0 Å². The molecule has 0 saturated carbocycles. The van der Waals surface area contributed by atoms with Crippen LogP contribution >= 0.6 is 11.3 Å². The average Bonchev–Trinajstić information content (AvgIpc) is 3.10. The van der Waals surface area contributed by atoms with Crippen LogP contribution in [0.2, 0.25) is 0 Å². The van der Waals surface area contributed by atoms with Gasteiger partial charge in [-0.05, 0) is 29.3 Å². The number of hydrogen-bond donors (Lipinski definition) is 1. The molecule has 8 heteroatoms. The Morgan fingerprint density at radius 1 is 1.12 bits per heavy atom. The van der Waals surface area contributed by atoms with Crippen molar-refractivity contribution in [3.63, 3.8) is 0 Å². The van der Waals surface area contributed by atoms with Gasteiger partial charge in [0.15, 0.2) is 9.84 Å². The number of nitrogens with two attached hydrogens (primary N) is 1. The summed E-state index contributed by atoms with van der Waals surface area (Å²) in [6.07, 6.45) is 2.67. The Balaban J connectivity index is 2.14. The third-order valence-electron chi connectivity index (χ3n) is 3.52. The van der Waals surface area contributed by atoms with E-state index in [1.165, 1.54) is 23.6 Å². The molecule has 0 spiro atoms. The first-order valence-corrected chi connectivity index (χ1v) is 11.2. The molecule has 0 bridgehead atoms. The molecule has 2 N–H and O–H groups in total. The van der Waals surface area contributed by atoms with Crippen LogP contribution in [0.15, 0.2) is 68.7 Å². The molecule has 25 heavy (non-hydrogen) atoms. The molecule has 1 aromatic heterocycles. The molecule has 2 aromatic carbocycles. The quantitative estimate of drug-likeness (QED) is 0.721. The molecule has 0 aliphatic rings. The van der Waals surface area contributed by atoms with Crippen molar-refractivity contribution in [3.05, 3.63) is 59.7 Å². The standard InChI is InChI=1S/C17H16N2O3S3/c1-25(21,22)15-8-13(12-5-3-2-4-6-12)7-14(9-15)24(20)17-11-19-16(10-18)23-17/h2-9,11H,10,18H2,1H3. The van der Waals surface area contributed by atoms with Crippen LogP contribution in [0.25, 0.3) is 11.1 Å². The highest BCUT2D eigenvalue weighted by Crippen LogP contribution is 2.29. The van der Waals surface area contributed by atoms with Gasteiger partial charge >= 0.3 is 0 Å². The Hall–Kier alpha value is -1.87. The zero-order valence-electron chi connectivity index (χ0n) is 13.4. The minimum atomic E-state index is -3.44. The Morgan fingerprint density at radius 2 is 1.84 bits per heavy atom. The molecule has 3 rings (SSSR count). The molecular formula is C17H16N2O3S3. The van der Waals surface area contributed by atoms with Crippen molar-refractivity contribution in [1.82, 2.24) is 4.98 Å². The van der Waals surface area contributed by atoms with E-state index >= 15 is 0 Å². The van der Waals surface area contributed by atoms with Crippen LogP contribution in [0.1, 0.15) is 5.01 Å². The molecule has 0 amide bonds. The summed E-state index contributed by atoms with van der Waals surface area (Å²) in [4.78, 5) is 4.68. The van der Waals surface area contributed by atoms with Crippen LogP contribution < -0.4 is 5.73 Å². The predicted molar refractivity (Wildman–Crippen MR) is 99.7 cm³/mol. The van der Waals surface area contributed by atoms with E-state index in [0.29, 0.717) is 19.7 Å². The van der Waals surface area contributed by atoms with E-state index in [1.54, 1.807) is 12.1 Å². The smallest absolute Gasteiger partial charge is 0.175 e. The monoisotopic (exact) mass is 392 g/mol. The fraction of sp³-hybridized carbons (Fsp3) is 0.118. The van der Waals surface area contributed by atoms with Gasteiger partial charge in [-0.2, -0.15) is 0 Å². The number of benzene rings is 2. The van der Waals surface area contributed by atoms with Gasteiger partial charge in [0.25, 0.3) is 0 Å². The van der Waals surface area contributed by atoms with Gasteiger partial charge in [-0.25, -0.2) is 17.6 Å². The van der Waals surface area contributed by atoms with Crippen molar-refractivity contribution in [2.75, 3.05) is 6.26 Å². The second kappa shape index (κ2) is 7.17. The first-order valence-electron chi connectivity index (χ1n) is 7.35. The average molecular weight is 393 g/mol. The third-order valence-corrected chi connectivity index (χ3v) is 7.26. The number of aromatic nitrogens is 1. The first kappa shape index (κ1) is 17.9. The summed E-state index contributed by atoms with van der Waals surface area (Å²) in [5, 5.41) is 0.686.